The minimum absolute atomic E-state index is 0.0345. The normalized spacial score (nSPS) is 14.7. The van der Waals surface area contributed by atoms with Gasteiger partial charge in [-0.3, -0.25) is 9.36 Å². The molecule has 14 heteroatoms. The van der Waals surface area contributed by atoms with E-state index in [1.807, 2.05) is 0 Å². The van der Waals surface area contributed by atoms with Gasteiger partial charge in [0.25, 0.3) is 5.56 Å². The number of fused-ring (bicyclic) bond motifs is 2. The molecule has 0 saturated heterocycles. The van der Waals surface area contributed by atoms with Gasteiger partial charge >= 0.3 is 18.1 Å². The quantitative estimate of drug-likeness (QED) is 0.206. The Hall–Kier alpha value is -5.11. The third kappa shape index (κ3) is 6.79. The molecule has 0 saturated carbocycles. The highest BCUT2D eigenvalue weighted by Gasteiger charge is 2.46. The highest BCUT2D eigenvalue weighted by molar-refractivity contribution is 7.07. The minimum atomic E-state index is -5.07. The summed E-state index contributed by atoms with van der Waals surface area (Å²) in [7, 11) is 1.35. The molecule has 48 heavy (non-hydrogen) atoms. The van der Waals surface area contributed by atoms with Crippen LogP contribution < -0.4 is 29.1 Å². The van der Waals surface area contributed by atoms with Crippen LogP contribution in [0.15, 0.2) is 75.7 Å². The maximum atomic E-state index is 14.7. The van der Waals surface area contributed by atoms with E-state index in [9.17, 15) is 27.6 Å². The summed E-state index contributed by atoms with van der Waals surface area (Å²) in [5.41, 5.74) is -2.37. The summed E-state index contributed by atoms with van der Waals surface area (Å²) in [6.07, 6.45) is -3.60. The van der Waals surface area contributed by atoms with Crippen molar-refractivity contribution in [2.75, 3.05) is 33.5 Å². The number of carbonyl (C=O) groups excluding carboxylic acids is 2. The van der Waals surface area contributed by atoms with Crippen LogP contribution in [0.3, 0.4) is 0 Å². The smallest absolute Gasteiger partial charge is 0.434 e. The van der Waals surface area contributed by atoms with E-state index in [1.54, 1.807) is 62.4 Å². The largest absolute Gasteiger partial charge is 0.496 e. The molecule has 0 amide bonds. The zero-order chi connectivity index (χ0) is 34.6. The van der Waals surface area contributed by atoms with Gasteiger partial charge in [0.15, 0.2) is 28.6 Å². The van der Waals surface area contributed by atoms with Crippen molar-refractivity contribution in [3.05, 3.63) is 96.7 Å². The number of ether oxygens (including phenoxy) is 5. The molecule has 0 radical (unpaired) electrons. The number of benzene rings is 3. The van der Waals surface area contributed by atoms with Crippen molar-refractivity contribution < 1.29 is 46.4 Å². The number of thiazole rings is 1. The molecule has 4 aromatic rings. The van der Waals surface area contributed by atoms with Crippen LogP contribution in [0.2, 0.25) is 0 Å². The molecule has 5 rings (SSSR count). The lowest BCUT2D eigenvalue weighted by molar-refractivity contribution is -0.145. The first kappa shape index (κ1) is 34.2. The summed E-state index contributed by atoms with van der Waals surface area (Å²) >= 11 is 0.732. The van der Waals surface area contributed by atoms with E-state index in [-0.39, 0.29) is 58.6 Å². The molecule has 10 nitrogen and oxygen atoms in total. The number of hydrogen-bond acceptors (Lipinski definition) is 10. The van der Waals surface area contributed by atoms with Crippen LogP contribution in [-0.2, 0) is 19.1 Å². The number of halogens is 3. The predicted octanol–water partition coefficient (Wildman–Crippen LogP) is 4.84. The van der Waals surface area contributed by atoms with Gasteiger partial charge in [-0.25, -0.2) is 14.6 Å². The zero-order valence-electron chi connectivity index (χ0n) is 26.4. The molecule has 1 aliphatic rings. The lowest BCUT2D eigenvalue weighted by Gasteiger charge is -2.28. The fourth-order valence-electron chi connectivity index (χ4n) is 5.34. The summed E-state index contributed by atoms with van der Waals surface area (Å²) in [5, 5.41) is 1.12. The van der Waals surface area contributed by atoms with E-state index in [4.69, 9.17) is 23.7 Å². The first-order valence-corrected chi connectivity index (χ1v) is 15.7. The Morgan fingerprint density at radius 1 is 0.938 bits per heavy atom. The summed E-state index contributed by atoms with van der Waals surface area (Å²) in [6, 6.07) is 13.3. The number of alkyl halides is 3. The van der Waals surface area contributed by atoms with Gasteiger partial charge in [-0.05, 0) is 61.4 Å². The molecule has 0 spiro atoms. The van der Waals surface area contributed by atoms with Crippen LogP contribution in [0.1, 0.15) is 37.9 Å². The first-order valence-electron chi connectivity index (χ1n) is 14.9. The summed E-state index contributed by atoms with van der Waals surface area (Å²) in [4.78, 5) is 43.0. The molecular weight excluding hydrogens is 653 g/mol. The standard InChI is InChI=1S/C34H31F3N2O8S/c1-5-44-24-16-19(12-14-22(24)47-18-26(40)45-6-2)17-25-31(41)39-29(27-21-11-9-8-10-20(21)13-15-23(27)43-4)28(32(42)46-7-3)30(34(35,36)37)38-33(39)48-25/h8-17,29H,5-7,18H2,1-4H3/b25-17-/t29-/m1/s1. The van der Waals surface area contributed by atoms with Crippen molar-refractivity contribution in [1.82, 2.24) is 4.57 Å². The number of carbonyl (C=O) groups is 2. The highest BCUT2D eigenvalue weighted by Crippen LogP contribution is 2.43. The van der Waals surface area contributed by atoms with E-state index in [0.29, 0.717) is 16.3 Å². The predicted molar refractivity (Wildman–Crippen MR) is 171 cm³/mol. The number of rotatable bonds is 11. The van der Waals surface area contributed by atoms with Gasteiger partial charge in [0.05, 0.1) is 37.0 Å². The molecule has 252 valence electrons. The molecule has 1 aliphatic heterocycles. The molecular formula is C34H31F3N2O8S. The molecule has 0 fully saturated rings. The van der Waals surface area contributed by atoms with Gasteiger partial charge in [0, 0.05) is 5.56 Å². The first-order chi connectivity index (χ1) is 23.0. The molecule has 0 aliphatic carbocycles. The van der Waals surface area contributed by atoms with Crippen molar-refractivity contribution in [3.63, 3.8) is 0 Å². The molecule has 1 aromatic heterocycles. The van der Waals surface area contributed by atoms with Gasteiger partial charge in [0.1, 0.15) is 11.8 Å². The number of aromatic nitrogens is 1. The minimum Gasteiger partial charge on any atom is -0.496 e. The number of nitrogens with zero attached hydrogens (tertiary/aromatic N) is 2. The Morgan fingerprint density at radius 2 is 1.67 bits per heavy atom. The Bertz CT molecular complexity index is 2080. The fourth-order valence-corrected chi connectivity index (χ4v) is 6.34. The molecule has 0 bridgehead atoms. The van der Waals surface area contributed by atoms with E-state index >= 15 is 0 Å². The van der Waals surface area contributed by atoms with E-state index in [0.717, 1.165) is 15.9 Å². The van der Waals surface area contributed by atoms with Gasteiger partial charge in [-0.2, -0.15) is 13.2 Å². The third-order valence-electron chi connectivity index (χ3n) is 7.24. The Balaban J connectivity index is 1.75. The van der Waals surface area contributed by atoms with Gasteiger partial charge in [0.2, 0.25) is 0 Å². The van der Waals surface area contributed by atoms with Gasteiger partial charge in [-0.1, -0.05) is 47.7 Å². The van der Waals surface area contributed by atoms with Crippen molar-refractivity contribution in [2.45, 2.75) is 33.0 Å². The van der Waals surface area contributed by atoms with Gasteiger partial charge in [-0.15, -0.1) is 0 Å². The zero-order valence-corrected chi connectivity index (χ0v) is 27.2. The average molecular weight is 685 g/mol. The van der Waals surface area contributed by atoms with Crippen molar-refractivity contribution in [3.8, 4) is 17.2 Å². The lowest BCUT2D eigenvalue weighted by Crippen LogP contribution is -2.41. The van der Waals surface area contributed by atoms with Crippen molar-refractivity contribution in [1.29, 1.82) is 0 Å². The van der Waals surface area contributed by atoms with Crippen molar-refractivity contribution in [2.24, 2.45) is 4.99 Å². The summed E-state index contributed by atoms with van der Waals surface area (Å²) in [6.45, 7) is 4.78. The number of esters is 2. The SMILES string of the molecule is CCOC(=O)COc1ccc(/C=c2\sc3n(c2=O)[C@H](c2c(OC)ccc4ccccc24)C(C(=O)OCC)=C(C(F)(F)F)N=3)cc1OCC. The molecule has 2 heterocycles. The summed E-state index contributed by atoms with van der Waals surface area (Å²) < 4.78 is 72.1. The number of methoxy groups -OCH3 is 1. The molecule has 0 N–H and O–H groups in total. The fraction of sp³-hybridized carbons (Fsp3) is 0.294. The van der Waals surface area contributed by atoms with Crippen LogP contribution in [0.5, 0.6) is 17.2 Å². The van der Waals surface area contributed by atoms with E-state index in [2.05, 4.69) is 4.99 Å². The average Bonchev–Trinajstić information content (AvgIpc) is 3.37. The van der Waals surface area contributed by atoms with Crippen LogP contribution in [-0.4, -0.2) is 56.2 Å². The van der Waals surface area contributed by atoms with Crippen LogP contribution in [0, 0.1) is 0 Å². The molecule has 1 atom stereocenters. The van der Waals surface area contributed by atoms with E-state index in [1.165, 1.54) is 26.2 Å². The second-order valence-electron chi connectivity index (χ2n) is 10.2. The van der Waals surface area contributed by atoms with Crippen LogP contribution in [0.25, 0.3) is 16.8 Å². The Labute approximate surface area is 276 Å². The second kappa shape index (κ2) is 14.3. The molecule has 0 unspecified atom stereocenters. The Morgan fingerprint density at radius 3 is 2.35 bits per heavy atom. The number of hydrogen-bond donors (Lipinski definition) is 0. The third-order valence-corrected chi connectivity index (χ3v) is 8.22. The highest BCUT2D eigenvalue weighted by atomic mass is 32.1. The topological polar surface area (TPSA) is 115 Å². The molecule has 3 aromatic carbocycles. The van der Waals surface area contributed by atoms with Gasteiger partial charge < -0.3 is 23.7 Å². The van der Waals surface area contributed by atoms with Crippen LogP contribution >= 0.6 is 11.3 Å². The van der Waals surface area contributed by atoms with Crippen molar-refractivity contribution >= 4 is 40.1 Å². The van der Waals surface area contributed by atoms with E-state index < -0.39 is 41.0 Å². The lowest BCUT2D eigenvalue weighted by atomic mass is 9.90. The maximum absolute atomic E-state index is 14.7. The Kier molecular flexibility index (Phi) is 10.2. The monoisotopic (exact) mass is 684 g/mol. The summed E-state index contributed by atoms with van der Waals surface area (Å²) in [5.74, 6) is -1.14. The second-order valence-corrected chi connectivity index (χ2v) is 11.2. The maximum Gasteiger partial charge on any atom is 0.434 e. The van der Waals surface area contributed by atoms with Crippen LogP contribution in [0.4, 0.5) is 13.2 Å². The number of allylic oxidation sites excluding steroid dienone is 1.